The van der Waals surface area contributed by atoms with E-state index in [1.165, 1.54) is 6.07 Å². The molecule has 18 heavy (non-hydrogen) atoms. The minimum absolute atomic E-state index is 0.174. The molecular weight excluding hydrogens is 255 g/mol. The molecule has 1 aromatic carbocycles. The summed E-state index contributed by atoms with van der Waals surface area (Å²) in [6.07, 6.45) is -0.480. The molecule has 0 aliphatic carbocycles. The van der Waals surface area contributed by atoms with E-state index in [9.17, 15) is 9.50 Å². The first-order chi connectivity index (χ1) is 8.70. The Kier molecular flexibility index (Phi) is 4.80. The normalized spacial score (nSPS) is 18.9. The molecule has 1 fully saturated rings. The number of para-hydroxylation sites is 1. The summed E-state index contributed by atoms with van der Waals surface area (Å²) in [5.74, 6) is 0.0832. The fraction of sp³-hybridized carbons (Fsp3) is 0.538. The van der Waals surface area contributed by atoms with Crippen molar-refractivity contribution in [1.82, 2.24) is 4.90 Å². The Hall–Kier alpha value is -0.840. The van der Waals surface area contributed by atoms with Crippen LogP contribution in [0.2, 0.25) is 0 Å². The van der Waals surface area contributed by atoms with E-state index >= 15 is 0 Å². The van der Waals surface area contributed by atoms with E-state index in [0.717, 1.165) is 26.2 Å². The monoisotopic (exact) mass is 272 g/mol. The molecule has 100 valence electrons. The molecule has 1 saturated heterocycles. The number of halogens is 2. The van der Waals surface area contributed by atoms with Crippen molar-refractivity contribution in [2.45, 2.75) is 6.10 Å². The van der Waals surface area contributed by atoms with Gasteiger partial charge in [-0.2, -0.15) is 0 Å². The van der Waals surface area contributed by atoms with Crippen LogP contribution in [0.3, 0.4) is 0 Å². The molecule has 1 aromatic rings. The number of aliphatic hydroxyl groups is 1. The van der Waals surface area contributed by atoms with Crippen LogP contribution >= 0.6 is 11.6 Å². The lowest BCUT2D eigenvalue weighted by atomic mass is 10.2. The number of hydrogen-bond donors (Lipinski definition) is 1. The summed E-state index contributed by atoms with van der Waals surface area (Å²) in [6.45, 7) is 3.78. The summed E-state index contributed by atoms with van der Waals surface area (Å²) in [7, 11) is 0. The highest BCUT2D eigenvalue weighted by atomic mass is 35.5. The molecule has 1 unspecified atom stereocenters. The molecule has 1 atom stereocenters. The Labute approximate surface area is 112 Å². The predicted octanol–water partition coefficient (Wildman–Crippen LogP) is 1.55. The molecule has 0 amide bonds. The van der Waals surface area contributed by atoms with Crippen molar-refractivity contribution < 1.29 is 9.50 Å². The second kappa shape index (κ2) is 6.36. The van der Waals surface area contributed by atoms with Crippen LogP contribution in [-0.2, 0) is 0 Å². The molecule has 2 rings (SSSR count). The summed E-state index contributed by atoms with van der Waals surface area (Å²) in [6, 6.07) is 6.84. The van der Waals surface area contributed by atoms with Crippen molar-refractivity contribution in [3.8, 4) is 0 Å². The van der Waals surface area contributed by atoms with Crippen LogP contribution in [0.1, 0.15) is 0 Å². The molecule has 1 aliphatic heterocycles. The van der Waals surface area contributed by atoms with Crippen LogP contribution < -0.4 is 4.90 Å². The van der Waals surface area contributed by atoms with Gasteiger partial charge < -0.3 is 10.0 Å². The highest BCUT2D eigenvalue weighted by Crippen LogP contribution is 2.20. The van der Waals surface area contributed by atoms with Gasteiger partial charge in [0.15, 0.2) is 0 Å². The molecule has 0 radical (unpaired) electrons. The number of β-amino-alcohol motifs (C(OH)–C–C–N with tert-alkyl or cyclic N) is 1. The Morgan fingerprint density at radius 3 is 2.50 bits per heavy atom. The molecule has 1 N–H and O–H groups in total. The van der Waals surface area contributed by atoms with E-state index < -0.39 is 6.10 Å². The van der Waals surface area contributed by atoms with E-state index in [-0.39, 0.29) is 11.7 Å². The lowest BCUT2D eigenvalue weighted by molar-refractivity contribution is 0.125. The second-order valence-electron chi connectivity index (χ2n) is 4.55. The zero-order chi connectivity index (χ0) is 13.0. The van der Waals surface area contributed by atoms with E-state index in [1.807, 2.05) is 11.0 Å². The lowest BCUT2D eigenvalue weighted by Crippen LogP contribution is -2.49. The van der Waals surface area contributed by atoms with E-state index in [4.69, 9.17) is 11.6 Å². The smallest absolute Gasteiger partial charge is 0.146 e. The van der Waals surface area contributed by atoms with Gasteiger partial charge in [0.25, 0.3) is 0 Å². The molecule has 0 saturated carbocycles. The van der Waals surface area contributed by atoms with Gasteiger partial charge in [-0.3, -0.25) is 4.90 Å². The maximum atomic E-state index is 13.6. The van der Waals surface area contributed by atoms with Gasteiger partial charge >= 0.3 is 0 Å². The lowest BCUT2D eigenvalue weighted by Gasteiger charge is -2.36. The quantitative estimate of drug-likeness (QED) is 0.843. The Morgan fingerprint density at radius 1 is 1.22 bits per heavy atom. The predicted molar refractivity (Wildman–Crippen MR) is 71.8 cm³/mol. The molecule has 0 aromatic heterocycles. The minimum atomic E-state index is -0.480. The number of rotatable bonds is 4. The van der Waals surface area contributed by atoms with Gasteiger partial charge in [0.05, 0.1) is 11.8 Å². The first-order valence-corrected chi connectivity index (χ1v) is 6.70. The number of piperazine rings is 1. The van der Waals surface area contributed by atoms with Crippen molar-refractivity contribution in [3.05, 3.63) is 30.1 Å². The van der Waals surface area contributed by atoms with Crippen LogP contribution in [0.5, 0.6) is 0 Å². The molecule has 5 heteroatoms. The van der Waals surface area contributed by atoms with Crippen LogP contribution in [-0.4, -0.2) is 54.7 Å². The topological polar surface area (TPSA) is 26.7 Å². The van der Waals surface area contributed by atoms with Gasteiger partial charge in [-0.1, -0.05) is 12.1 Å². The average molecular weight is 273 g/mol. The molecule has 1 heterocycles. The van der Waals surface area contributed by atoms with E-state index in [1.54, 1.807) is 12.1 Å². The SMILES string of the molecule is OC(CCl)CN1CCN(c2ccccc2F)CC1. The van der Waals surface area contributed by atoms with Gasteiger partial charge in [-0.25, -0.2) is 4.39 Å². The third kappa shape index (κ3) is 3.34. The Bertz CT molecular complexity index is 383. The van der Waals surface area contributed by atoms with Gasteiger partial charge in [0, 0.05) is 38.6 Å². The number of aliphatic hydroxyl groups excluding tert-OH is 1. The number of hydrogen-bond acceptors (Lipinski definition) is 3. The fourth-order valence-electron chi connectivity index (χ4n) is 2.23. The first kappa shape index (κ1) is 13.6. The van der Waals surface area contributed by atoms with Gasteiger partial charge in [0.2, 0.25) is 0 Å². The summed E-state index contributed by atoms with van der Waals surface area (Å²) < 4.78 is 13.6. The number of nitrogens with zero attached hydrogens (tertiary/aromatic N) is 2. The fourth-order valence-corrected chi connectivity index (χ4v) is 2.32. The molecular formula is C13H18ClFN2O. The first-order valence-electron chi connectivity index (χ1n) is 6.16. The zero-order valence-electron chi connectivity index (χ0n) is 10.2. The number of anilines is 1. The van der Waals surface area contributed by atoms with Crippen molar-refractivity contribution >= 4 is 17.3 Å². The standard InChI is InChI=1S/C13H18ClFN2O/c14-9-11(18)10-16-5-7-17(8-6-16)13-4-2-1-3-12(13)15/h1-4,11,18H,5-10H2. The van der Waals surface area contributed by atoms with E-state index in [2.05, 4.69) is 4.90 Å². The summed E-state index contributed by atoms with van der Waals surface area (Å²) in [5.41, 5.74) is 0.662. The summed E-state index contributed by atoms with van der Waals surface area (Å²) >= 11 is 5.58. The Morgan fingerprint density at radius 2 is 1.89 bits per heavy atom. The van der Waals surface area contributed by atoms with Gasteiger partial charge in [-0.05, 0) is 12.1 Å². The van der Waals surface area contributed by atoms with Gasteiger partial charge in [0.1, 0.15) is 5.82 Å². The van der Waals surface area contributed by atoms with Crippen molar-refractivity contribution in [2.75, 3.05) is 43.5 Å². The van der Waals surface area contributed by atoms with Gasteiger partial charge in [-0.15, -0.1) is 11.6 Å². The highest BCUT2D eigenvalue weighted by Gasteiger charge is 2.20. The molecule has 1 aliphatic rings. The Balaban J connectivity index is 1.89. The second-order valence-corrected chi connectivity index (χ2v) is 4.86. The summed E-state index contributed by atoms with van der Waals surface area (Å²) in [5, 5.41) is 9.49. The van der Waals surface area contributed by atoms with Crippen molar-refractivity contribution in [2.24, 2.45) is 0 Å². The van der Waals surface area contributed by atoms with Crippen LogP contribution in [0.4, 0.5) is 10.1 Å². The molecule has 3 nitrogen and oxygen atoms in total. The zero-order valence-corrected chi connectivity index (χ0v) is 11.0. The third-order valence-corrected chi connectivity index (χ3v) is 3.57. The van der Waals surface area contributed by atoms with Crippen molar-refractivity contribution in [1.29, 1.82) is 0 Å². The van der Waals surface area contributed by atoms with Crippen LogP contribution in [0.15, 0.2) is 24.3 Å². The summed E-state index contributed by atoms with van der Waals surface area (Å²) in [4.78, 5) is 4.20. The largest absolute Gasteiger partial charge is 0.391 e. The van der Waals surface area contributed by atoms with Crippen molar-refractivity contribution in [3.63, 3.8) is 0 Å². The molecule has 0 bridgehead atoms. The molecule has 0 spiro atoms. The van der Waals surface area contributed by atoms with Crippen LogP contribution in [0.25, 0.3) is 0 Å². The van der Waals surface area contributed by atoms with Crippen LogP contribution in [0, 0.1) is 5.82 Å². The highest BCUT2D eigenvalue weighted by molar-refractivity contribution is 6.18. The average Bonchev–Trinajstić information content (AvgIpc) is 2.40. The third-order valence-electron chi connectivity index (χ3n) is 3.21. The number of alkyl halides is 1. The maximum Gasteiger partial charge on any atom is 0.146 e. The minimum Gasteiger partial charge on any atom is -0.391 e. The van der Waals surface area contributed by atoms with E-state index in [0.29, 0.717) is 12.2 Å². The maximum absolute atomic E-state index is 13.6. The number of benzene rings is 1.